The van der Waals surface area contributed by atoms with E-state index in [0.717, 1.165) is 32.6 Å². The van der Waals surface area contributed by atoms with Crippen LogP contribution in [0.25, 0.3) is 11.2 Å². The van der Waals surface area contributed by atoms with Gasteiger partial charge in [0, 0.05) is 39.8 Å². The molecule has 36 heavy (non-hydrogen) atoms. The fraction of sp³-hybridized carbons (Fsp3) is 0.571. The second-order valence-electron chi connectivity index (χ2n) is 8.10. The summed E-state index contributed by atoms with van der Waals surface area (Å²) in [6, 6.07) is -0.675. The zero-order valence-corrected chi connectivity index (χ0v) is 19.7. The smallest absolute Gasteiger partial charge is 0.480 e. The first-order valence-electron chi connectivity index (χ1n) is 11.1. The average Bonchev–Trinajstić information content (AvgIpc) is 3.45. The molecule has 2 aliphatic heterocycles. The minimum atomic E-state index is -5.08. The van der Waals surface area contributed by atoms with E-state index in [2.05, 4.69) is 32.0 Å². The number of carboxylic acids is 2. The number of hydrogen-bond acceptors (Lipinski definition) is 8. The number of hydrogen-bond donors (Lipinski definition) is 3. The second-order valence-corrected chi connectivity index (χ2v) is 8.10. The number of nitrogens with one attached hydrogen (secondary N) is 1. The Kier molecular flexibility index (Phi) is 8.08. The molecular formula is C21H26F3N7O5. The molecule has 196 valence electrons. The largest absolute Gasteiger partial charge is 0.490 e. The summed E-state index contributed by atoms with van der Waals surface area (Å²) in [5, 5.41) is 20.0. The van der Waals surface area contributed by atoms with Crippen LogP contribution in [0.2, 0.25) is 0 Å². The maximum Gasteiger partial charge on any atom is 0.490 e. The summed E-state index contributed by atoms with van der Waals surface area (Å²) in [5.41, 5.74) is 0.497. The molecule has 0 spiro atoms. The molecular weight excluding hydrogens is 487 g/mol. The lowest BCUT2D eigenvalue weighted by Gasteiger charge is -2.28. The van der Waals surface area contributed by atoms with Gasteiger partial charge in [0.15, 0.2) is 11.2 Å². The van der Waals surface area contributed by atoms with Crippen molar-refractivity contribution >= 4 is 35.0 Å². The molecule has 4 rings (SSSR count). The normalized spacial score (nSPS) is 17.9. The average molecular weight is 513 g/mol. The van der Waals surface area contributed by atoms with Crippen molar-refractivity contribution in [2.45, 2.75) is 38.5 Å². The van der Waals surface area contributed by atoms with Gasteiger partial charge in [-0.1, -0.05) is 5.92 Å². The van der Waals surface area contributed by atoms with Crippen molar-refractivity contribution in [3.8, 4) is 11.8 Å². The SMILES string of the molecule is CC#CCn1c(N2CCNCC2)nc2nc(N3CCC[C@@H]3C(=O)O)n(C)c(=O)c21.O=C(O)C(F)(F)F. The number of nitrogens with zero attached hydrogens (tertiary/aromatic N) is 6. The van der Waals surface area contributed by atoms with Crippen LogP contribution in [0, 0.1) is 11.8 Å². The van der Waals surface area contributed by atoms with Gasteiger partial charge in [-0.25, -0.2) is 9.59 Å². The van der Waals surface area contributed by atoms with Gasteiger partial charge in [0.25, 0.3) is 5.56 Å². The molecule has 0 aromatic carbocycles. The second kappa shape index (κ2) is 10.9. The Bertz CT molecular complexity index is 1260. The van der Waals surface area contributed by atoms with Crippen LogP contribution in [-0.2, 0) is 23.2 Å². The van der Waals surface area contributed by atoms with E-state index >= 15 is 0 Å². The molecule has 0 radical (unpaired) electrons. The minimum Gasteiger partial charge on any atom is -0.480 e. The lowest BCUT2D eigenvalue weighted by Crippen LogP contribution is -2.44. The minimum absolute atomic E-state index is 0.243. The number of imidazole rings is 1. The first-order chi connectivity index (χ1) is 17.0. The van der Waals surface area contributed by atoms with E-state index in [9.17, 15) is 27.9 Å². The molecule has 0 saturated carbocycles. The molecule has 2 fully saturated rings. The van der Waals surface area contributed by atoms with E-state index in [1.54, 1.807) is 18.9 Å². The fourth-order valence-corrected chi connectivity index (χ4v) is 4.07. The summed E-state index contributed by atoms with van der Waals surface area (Å²) in [7, 11) is 1.63. The molecule has 2 aliphatic rings. The number of aromatic nitrogens is 4. The highest BCUT2D eigenvalue weighted by Gasteiger charge is 2.38. The van der Waals surface area contributed by atoms with Crippen molar-refractivity contribution in [1.82, 2.24) is 24.4 Å². The van der Waals surface area contributed by atoms with Gasteiger partial charge in [0.05, 0.1) is 6.54 Å². The van der Waals surface area contributed by atoms with Gasteiger partial charge in [0.1, 0.15) is 6.04 Å². The van der Waals surface area contributed by atoms with Gasteiger partial charge in [-0.05, 0) is 19.8 Å². The lowest BCUT2D eigenvalue weighted by molar-refractivity contribution is -0.192. The summed E-state index contributed by atoms with van der Waals surface area (Å²) in [6.07, 6.45) is -3.80. The summed E-state index contributed by atoms with van der Waals surface area (Å²) in [6.45, 7) is 5.91. The summed E-state index contributed by atoms with van der Waals surface area (Å²) in [5.74, 6) is 3.28. The molecule has 0 amide bonds. The van der Waals surface area contributed by atoms with Crippen molar-refractivity contribution in [1.29, 1.82) is 0 Å². The molecule has 2 aromatic rings. The Hall–Kier alpha value is -3.80. The number of aliphatic carboxylic acids is 2. The zero-order valence-electron chi connectivity index (χ0n) is 19.7. The molecule has 4 heterocycles. The first-order valence-corrected chi connectivity index (χ1v) is 11.1. The predicted octanol–water partition coefficient (Wildman–Crippen LogP) is 0.250. The summed E-state index contributed by atoms with van der Waals surface area (Å²) < 4.78 is 35.0. The van der Waals surface area contributed by atoms with Crippen LogP contribution in [0.3, 0.4) is 0 Å². The Morgan fingerprint density at radius 3 is 2.31 bits per heavy atom. The monoisotopic (exact) mass is 513 g/mol. The molecule has 2 aromatic heterocycles. The molecule has 15 heteroatoms. The molecule has 12 nitrogen and oxygen atoms in total. The fourth-order valence-electron chi connectivity index (χ4n) is 4.07. The van der Waals surface area contributed by atoms with Gasteiger partial charge in [-0.3, -0.25) is 13.9 Å². The Balaban J connectivity index is 0.000000454. The topological polar surface area (TPSA) is 146 Å². The molecule has 1 atom stereocenters. The standard InChI is InChI=1S/C19H25N7O3.C2HF3O2/c1-3-4-9-26-14-15(22-19(26)24-11-7-20-8-12-24)21-18(23(2)16(14)27)25-10-5-6-13(25)17(28)29;3-2(4,5)1(6)7/h13,20H,5-12H2,1-2H3,(H,28,29);(H,6,7)/t13-;/m1./s1. The van der Waals surface area contributed by atoms with E-state index in [0.29, 0.717) is 42.6 Å². The third-order valence-electron chi connectivity index (χ3n) is 5.79. The number of carbonyl (C=O) groups is 2. The Morgan fingerprint density at radius 2 is 1.75 bits per heavy atom. The van der Waals surface area contributed by atoms with Gasteiger partial charge in [-0.15, -0.1) is 5.92 Å². The van der Waals surface area contributed by atoms with Crippen LogP contribution in [0.15, 0.2) is 4.79 Å². The maximum atomic E-state index is 13.3. The molecule has 0 aliphatic carbocycles. The van der Waals surface area contributed by atoms with Gasteiger partial charge in [0.2, 0.25) is 11.9 Å². The van der Waals surface area contributed by atoms with Gasteiger partial charge >= 0.3 is 18.1 Å². The van der Waals surface area contributed by atoms with Crippen LogP contribution in [0.1, 0.15) is 19.8 Å². The lowest BCUT2D eigenvalue weighted by atomic mass is 10.2. The van der Waals surface area contributed by atoms with Crippen molar-refractivity contribution in [3.05, 3.63) is 10.4 Å². The highest BCUT2D eigenvalue weighted by Crippen LogP contribution is 2.26. The highest BCUT2D eigenvalue weighted by molar-refractivity contribution is 5.80. The number of halogens is 3. The molecule has 0 unspecified atom stereocenters. The maximum absolute atomic E-state index is 13.3. The quantitative estimate of drug-likeness (QED) is 0.487. The Labute approximate surface area is 203 Å². The first kappa shape index (κ1) is 26.8. The van der Waals surface area contributed by atoms with E-state index in [4.69, 9.17) is 9.90 Å². The van der Waals surface area contributed by atoms with Crippen LogP contribution in [0.5, 0.6) is 0 Å². The van der Waals surface area contributed by atoms with Crippen LogP contribution in [0.4, 0.5) is 25.1 Å². The van der Waals surface area contributed by atoms with Crippen molar-refractivity contribution in [2.24, 2.45) is 7.05 Å². The molecule has 2 saturated heterocycles. The van der Waals surface area contributed by atoms with Crippen LogP contribution < -0.4 is 20.7 Å². The molecule has 3 N–H and O–H groups in total. The Morgan fingerprint density at radius 1 is 1.14 bits per heavy atom. The summed E-state index contributed by atoms with van der Waals surface area (Å²) >= 11 is 0. The van der Waals surface area contributed by atoms with E-state index in [-0.39, 0.29) is 5.56 Å². The predicted molar refractivity (Wildman–Crippen MR) is 123 cm³/mol. The van der Waals surface area contributed by atoms with Crippen LogP contribution in [-0.4, -0.2) is 86.2 Å². The number of rotatable bonds is 4. The highest BCUT2D eigenvalue weighted by atomic mass is 19.4. The third kappa shape index (κ3) is 5.54. The summed E-state index contributed by atoms with van der Waals surface area (Å²) in [4.78, 5) is 46.9. The van der Waals surface area contributed by atoms with Crippen molar-refractivity contribution in [3.63, 3.8) is 0 Å². The number of anilines is 2. The number of alkyl halides is 3. The van der Waals surface area contributed by atoms with Crippen LogP contribution >= 0.6 is 0 Å². The number of piperazine rings is 1. The molecule has 0 bridgehead atoms. The van der Waals surface area contributed by atoms with E-state index in [1.807, 2.05) is 4.57 Å². The van der Waals surface area contributed by atoms with Crippen molar-refractivity contribution in [2.75, 3.05) is 42.5 Å². The third-order valence-corrected chi connectivity index (χ3v) is 5.79. The van der Waals surface area contributed by atoms with Gasteiger partial charge < -0.3 is 25.3 Å². The van der Waals surface area contributed by atoms with E-state index in [1.165, 1.54) is 4.57 Å². The van der Waals surface area contributed by atoms with Gasteiger partial charge in [-0.2, -0.15) is 23.1 Å². The van der Waals surface area contributed by atoms with Crippen molar-refractivity contribution < 1.29 is 33.0 Å². The number of carboxylic acid groups (broad SMARTS) is 2. The number of fused-ring (bicyclic) bond motifs is 1. The van der Waals surface area contributed by atoms with E-state index < -0.39 is 24.2 Å². The zero-order chi connectivity index (χ0) is 26.6.